The van der Waals surface area contributed by atoms with Gasteiger partial charge in [-0.05, 0) is 18.6 Å². The zero-order chi connectivity index (χ0) is 19.3. The summed E-state index contributed by atoms with van der Waals surface area (Å²) in [6.45, 7) is 2.21. The molecule has 0 aliphatic carbocycles. The molecule has 1 N–H and O–H groups in total. The molecule has 7 heteroatoms. The molecule has 0 saturated heterocycles. The molecular formula is C20H28N4O2S. The van der Waals surface area contributed by atoms with Gasteiger partial charge in [0.25, 0.3) is 0 Å². The Labute approximate surface area is 165 Å². The van der Waals surface area contributed by atoms with Gasteiger partial charge in [-0.25, -0.2) is 9.69 Å². The Morgan fingerprint density at radius 3 is 2.30 bits per heavy atom. The van der Waals surface area contributed by atoms with Crippen molar-refractivity contribution < 1.29 is 9.59 Å². The summed E-state index contributed by atoms with van der Waals surface area (Å²) < 4.78 is 3.78. The lowest BCUT2D eigenvalue weighted by molar-refractivity contribution is -0.117. The number of hydrogen-bond donors (Lipinski definition) is 1. The lowest BCUT2D eigenvalue weighted by Gasteiger charge is -2.19. The molecule has 0 bridgehead atoms. The van der Waals surface area contributed by atoms with Gasteiger partial charge in [-0.3, -0.25) is 4.79 Å². The van der Waals surface area contributed by atoms with Crippen LogP contribution in [0.25, 0.3) is 0 Å². The van der Waals surface area contributed by atoms with Gasteiger partial charge < -0.3 is 5.32 Å². The number of unbranched alkanes of at least 4 members (excludes halogenated alkanes) is 7. The molecule has 0 unspecified atom stereocenters. The highest BCUT2D eigenvalue weighted by Gasteiger charge is 2.25. The third-order valence-corrected chi connectivity index (χ3v) is 4.94. The molecule has 2 rings (SSSR count). The molecule has 27 heavy (non-hydrogen) atoms. The highest BCUT2D eigenvalue weighted by molar-refractivity contribution is 7.10. The number of carbonyl (C=O) groups is 2. The van der Waals surface area contributed by atoms with Crippen LogP contribution in [0.15, 0.2) is 36.5 Å². The van der Waals surface area contributed by atoms with Crippen LogP contribution in [0.5, 0.6) is 0 Å². The lowest BCUT2D eigenvalue weighted by atomic mass is 10.1. The molecule has 0 atom stereocenters. The first-order valence-corrected chi connectivity index (χ1v) is 10.5. The Morgan fingerprint density at radius 1 is 1.00 bits per heavy atom. The van der Waals surface area contributed by atoms with Gasteiger partial charge in [0.05, 0.1) is 6.20 Å². The number of nitrogens with zero attached hydrogens (tertiary/aromatic N) is 3. The minimum absolute atomic E-state index is 0.222. The molecule has 3 amide bonds. The molecule has 0 spiro atoms. The Kier molecular flexibility index (Phi) is 9.48. The Bertz CT molecular complexity index is 677. The van der Waals surface area contributed by atoms with Crippen molar-refractivity contribution in [3.8, 4) is 0 Å². The van der Waals surface area contributed by atoms with Gasteiger partial charge in [0.15, 0.2) is 0 Å². The summed E-state index contributed by atoms with van der Waals surface area (Å²) in [5.41, 5.74) is 0.643. The fourth-order valence-electron chi connectivity index (χ4n) is 2.82. The van der Waals surface area contributed by atoms with Gasteiger partial charge in [-0.1, -0.05) is 74.6 Å². The number of para-hydroxylation sites is 1. The smallest absolute Gasteiger partial charge is 0.307 e. The monoisotopic (exact) mass is 388 g/mol. The second-order valence-corrected chi connectivity index (χ2v) is 7.27. The number of nitrogens with one attached hydrogen (secondary N) is 1. The van der Waals surface area contributed by atoms with Crippen molar-refractivity contribution in [1.82, 2.24) is 9.59 Å². The van der Waals surface area contributed by atoms with Crippen LogP contribution in [-0.4, -0.2) is 21.5 Å². The lowest BCUT2D eigenvalue weighted by Crippen LogP contribution is -2.39. The van der Waals surface area contributed by atoms with E-state index in [1.54, 1.807) is 12.1 Å². The second-order valence-electron chi connectivity index (χ2n) is 6.51. The molecule has 1 aromatic heterocycles. The number of benzene rings is 1. The van der Waals surface area contributed by atoms with E-state index in [0.29, 0.717) is 17.1 Å². The molecule has 0 saturated carbocycles. The van der Waals surface area contributed by atoms with Crippen LogP contribution in [0.1, 0.15) is 64.7 Å². The summed E-state index contributed by atoms with van der Waals surface area (Å²) in [6.07, 6.45) is 11.0. The maximum absolute atomic E-state index is 12.7. The summed E-state index contributed by atoms with van der Waals surface area (Å²) in [7, 11) is 0. The molecule has 0 radical (unpaired) electrons. The van der Waals surface area contributed by atoms with E-state index in [1.165, 1.54) is 38.3 Å². The normalized spacial score (nSPS) is 10.6. The number of rotatable bonds is 11. The molecule has 1 aromatic carbocycles. The molecule has 2 aromatic rings. The highest BCUT2D eigenvalue weighted by atomic mass is 32.1. The predicted octanol–water partition coefficient (Wildman–Crippen LogP) is 5.63. The van der Waals surface area contributed by atoms with E-state index in [4.69, 9.17) is 0 Å². The van der Waals surface area contributed by atoms with Crippen LogP contribution in [0, 0.1) is 0 Å². The van der Waals surface area contributed by atoms with Crippen LogP contribution < -0.4 is 10.2 Å². The van der Waals surface area contributed by atoms with E-state index in [9.17, 15) is 9.59 Å². The van der Waals surface area contributed by atoms with E-state index in [1.807, 2.05) is 18.2 Å². The SMILES string of the molecule is CCCCCCCCCCC(=O)N(C(=O)Nc1ccccc1)c1cnns1. The zero-order valence-corrected chi connectivity index (χ0v) is 16.7. The van der Waals surface area contributed by atoms with Crippen LogP contribution in [0.2, 0.25) is 0 Å². The van der Waals surface area contributed by atoms with Crippen molar-refractivity contribution in [2.75, 3.05) is 10.2 Å². The van der Waals surface area contributed by atoms with Crippen molar-refractivity contribution in [2.45, 2.75) is 64.7 Å². The summed E-state index contributed by atoms with van der Waals surface area (Å²) in [4.78, 5) is 26.4. The van der Waals surface area contributed by atoms with Gasteiger partial charge in [0.2, 0.25) is 5.91 Å². The molecule has 1 heterocycles. The first-order valence-electron chi connectivity index (χ1n) is 9.68. The fraction of sp³-hybridized carbons (Fsp3) is 0.500. The van der Waals surface area contributed by atoms with Gasteiger partial charge in [-0.2, -0.15) is 0 Å². The van der Waals surface area contributed by atoms with E-state index in [0.717, 1.165) is 35.7 Å². The van der Waals surface area contributed by atoms with E-state index >= 15 is 0 Å². The molecule has 6 nitrogen and oxygen atoms in total. The standard InChI is InChI=1S/C20H28N4O2S/c1-2-3-4-5-6-7-8-12-15-18(25)24(19-16-21-23-27-19)20(26)22-17-13-10-9-11-14-17/h9-11,13-14,16H,2-8,12,15H2,1H3,(H,22,26). The average molecular weight is 389 g/mol. The quantitative estimate of drug-likeness (QED) is 0.506. The fourth-order valence-corrected chi connectivity index (χ4v) is 3.36. The topological polar surface area (TPSA) is 75.2 Å². The van der Waals surface area contributed by atoms with Gasteiger partial charge >= 0.3 is 6.03 Å². The molecule has 0 aliphatic heterocycles. The van der Waals surface area contributed by atoms with Crippen LogP contribution in [0.3, 0.4) is 0 Å². The number of amides is 3. The Balaban J connectivity index is 1.83. The summed E-state index contributed by atoms with van der Waals surface area (Å²) in [5, 5.41) is 6.95. The molecule has 0 aliphatic rings. The highest BCUT2D eigenvalue weighted by Crippen LogP contribution is 2.21. The maximum Gasteiger partial charge on any atom is 0.333 e. The van der Waals surface area contributed by atoms with Crippen molar-refractivity contribution in [2.24, 2.45) is 0 Å². The maximum atomic E-state index is 12.7. The number of imide groups is 1. The minimum Gasteiger partial charge on any atom is -0.307 e. The largest absolute Gasteiger partial charge is 0.333 e. The Hall–Kier alpha value is -2.28. The molecule has 146 valence electrons. The first kappa shape index (κ1) is 21.0. The third-order valence-electron chi connectivity index (χ3n) is 4.29. The second kappa shape index (κ2) is 12.2. The van der Waals surface area contributed by atoms with Crippen LogP contribution in [-0.2, 0) is 4.79 Å². The summed E-state index contributed by atoms with van der Waals surface area (Å²) in [6, 6.07) is 8.62. The van der Waals surface area contributed by atoms with Crippen molar-refractivity contribution in [3.63, 3.8) is 0 Å². The van der Waals surface area contributed by atoms with Crippen molar-refractivity contribution >= 4 is 34.2 Å². The Morgan fingerprint density at radius 2 is 1.67 bits per heavy atom. The van der Waals surface area contributed by atoms with Crippen molar-refractivity contribution in [1.29, 1.82) is 0 Å². The van der Waals surface area contributed by atoms with Crippen LogP contribution >= 0.6 is 11.5 Å². The number of anilines is 2. The molecular weight excluding hydrogens is 360 g/mol. The number of hydrogen-bond acceptors (Lipinski definition) is 5. The summed E-state index contributed by atoms with van der Waals surface area (Å²) in [5.74, 6) is -0.222. The van der Waals surface area contributed by atoms with E-state index in [-0.39, 0.29) is 5.91 Å². The van der Waals surface area contributed by atoms with E-state index < -0.39 is 6.03 Å². The minimum atomic E-state index is -0.475. The average Bonchev–Trinajstić information content (AvgIpc) is 3.19. The molecule has 0 fully saturated rings. The van der Waals surface area contributed by atoms with E-state index in [2.05, 4.69) is 21.8 Å². The van der Waals surface area contributed by atoms with Gasteiger partial charge in [0.1, 0.15) is 5.00 Å². The van der Waals surface area contributed by atoms with Crippen LogP contribution in [0.4, 0.5) is 15.5 Å². The number of carbonyl (C=O) groups excluding carboxylic acids is 2. The number of aromatic nitrogens is 2. The first-order chi connectivity index (χ1) is 13.2. The van der Waals surface area contributed by atoms with Gasteiger partial charge in [0, 0.05) is 23.6 Å². The summed E-state index contributed by atoms with van der Waals surface area (Å²) >= 11 is 1.04. The van der Waals surface area contributed by atoms with Gasteiger partial charge in [-0.15, -0.1) is 5.10 Å². The predicted molar refractivity (Wildman–Crippen MR) is 110 cm³/mol. The zero-order valence-electron chi connectivity index (χ0n) is 15.9. The third kappa shape index (κ3) is 7.46. The number of urea groups is 1. The van der Waals surface area contributed by atoms with Crippen molar-refractivity contribution in [3.05, 3.63) is 36.5 Å².